The molecule has 1 atom stereocenters. The molecule has 4 aromatic heterocycles. The number of anilines is 1. The Kier molecular flexibility index (Phi) is 11.2. The fourth-order valence-electron chi connectivity index (χ4n) is 8.56. The van der Waals surface area contributed by atoms with Crippen molar-refractivity contribution in [2.24, 2.45) is 10.4 Å². The number of aromatic hydroxyl groups is 1. The summed E-state index contributed by atoms with van der Waals surface area (Å²) in [7, 11) is 0. The number of ether oxygens (including phenoxy) is 1. The minimum atomic E-state index is -0.139. The van der Waals surface area contributed by atoms with Crippen LogP contribution in [0.25, 0.3) is 5.00 Å². The SMILES string of the molecule is Cc1sc2c(c1C)C(c1ccc(OC3CC4(CCN(c5ccc(C(=O)NC6CCCCC6)nn5)CC4)C3)cn1)=NC(C)c1nnc(C)n1-2.N#Cc1ccc(O)cc1Cl. The highest BCUT2D eigenvalue weighted by atomic mass is 35.5. The number of piperidine rings is 1. The number of aromatic nitrogens is 6. The van der Waals surface area contributed by atoms with E-state index in [1.165, 1.54) is 47.9 Å². The smallest absolute Gasteiger partial charge is 0.272 e. The number of hydrogen-bond donors (Lipinski definition) is 2. The lowest BCUT2D eigenvalue weighted by Crippen LogP contribution is -2.51. The Hall–Kier alpha value is -5.39. The number of carbonyl (C=O) groups is 1. The molecule has 15 heteroatoms. The monoisotopic (exact) mass is 818 g/mol. The van der Waals surface area contributed by atoms with E-state index in [1.54, 1.807) is 11.3 Å². The van der Waals surface area contributed by atoms with Gasteiger partial charge in [-0.15, -0.1) is 31.7 Å². The number of thiophene rings is 1. The second-order valence-electron chi connectivity index (χ2n) is 15.9. The number of amides is 1. The molecule has 4 aliphatic rings. The number of rotatable bonds is 6. The molecule has 300 valence electrons. The molecule has 2 aliphatic carbocycles. The highest BCUT2D eigenvalue weighted by Gasteiger charge is 2.47. The second kappa shape index (κ2) is 16.5. The van der Waals surface area contributed by atoms with Crippen LogP contribution in [0.2, 0.25) is 5.02 Å². The van der Waals surface area contributed by atoms with Crippen LogP contribution in [0, 0.1) is 37.5 Å². The Balaban J connectivity index is 0.000000412. The van der Waals surface area contributed by atoms with E-state index in [1.807, 2.05) is 43.5 Å². The normalized spacial score (nSPS) is 18.7. The Bertz CT molecular complexity index is 2360. The first-order valence-corrected chi connectivity index (χ1v) is 21.2. The number of hydrogen-bond acceptors (Lipinski definition) is 12. The number of nitrogens with zero attached hydrogens (tertiary/aromatic N) is 9. The number of aryl methyl sites for hydroxylation is 2. The summed E-state index contributed by atoms with van der Waals surface area (Å²) in [5.41, 5.74) is 5.16. The van der Waals surface area contributed by atoms with E-state index < -0.39 is 0 Å². The lowest BCUT2D eigenvalue weighted by molar-refractivity contribution is -0.0312. The summed E-state index contributed by atoms with van der Waals surface area (Å²) in [6.07, 6.45) is 12.1. The van der Waals surface area contributed by atoms with Gasteiger partial charge in [-0.2, -0.15) is 5.26 Å². The Morgan fingerprint density at radius 1 is 1.02 bits per heavy atom. The van der Waals surface area contributed by atoms with Gasteiger partial charge in [0.2, 0.25) is 0 Å². The highest BCUT2D eigenvalue weighted by Crippen LogP contribution is 2.50. The maximum Gasteiger partial charge on any atom is 0.272 e. The topological polar surface area (TPSA) is 167 Å². The predicted molar refractivity (Wildman–Crippen MR) is 223 cm³/mol. The Labute approximate surface area is 347 Å². The summed E-state index contributed by atoms with van der Waals surface area (Å²) < 4.78 is 8.57. The maximum atomic E-state index is 12.7. The van der Waals surface area contributed by atoms with Crippen molar-refractivity contribution in [2.45, 2.75) is 104 Å². The van der Waals surface area contributed by atoms with Crippen LogP contribution in [0.1, 0.15) is 120 Å². The average molecular weight is 819 g/mol. The van der Waals surface area contributed by atoms with E-state index in [9.17, 15) is 4.79 Å². The van der Waals surface area contributed by atoms with E-state index in [2.05, 4.69) is 55.9 Å². The standard InChI is InChI=1S/C36H43N9O2S.C7H4ClNO/c1-21-23(3)48-35-31(21)32(38-22(2)33-43-40-24(4)45(33)35)28-11-10-26(20-37-28)47-27-18-36(19-27)14-16-44(17-15-36)30-13-12-29(41-42-30)34(46)39-25-8-6-5-7-9-25;8-7-3-6(10)2-1-5(7)4-9/h10-13,20,22,25,27H,5-9,14-19H2,1-4H3,(H,39,46);1-3,10H. The van der Waals surface area contributed by atoms with E-state index in [-0.39, 0.29) is 34.9 Å². The van der Waals surface area contributed by atoms with Crippen LogP contribution in [0.15, 0.2) is 53.7 Å². The highest BCUT2D eigenvalue weighted by molar-refractivity contribution is 7.15. The second-order valence-corrected chi connectivity index (χ2v) is 17.5. The summed E-state index contributed by atoms with van der Waals surface area (Å²) in [5, 5.41) is 39.3. The molecule has 3 fully saturated rings. The zero-order valence-corrected chi connectivity index (χ0v) is 34.8. The number of phenolic OH excluding ortho intramolecular Hbond substituents is 1. The van der Waals surface area contributed by atoms with Gasteiger partial charge in [-0.1, -0.05) is 30.9 Å². The summed E-state index contributed by atoms with van der Waals surface area (Å²) in [5.74, 6) is 3.34. The van der Waals surface area contributed by atoms with E-state index >= 15 is 0 Å². The molecule has 13 nitrogen and oxygen atoms in total. The van der Waals surface area contributed by atoms with Crippen LogP contribution in [0.4, 0.5) is 5.82 Å². The third-order valence-corrected chi connectivity index (χ3v) is 13.5. The molecule has 2 N–H and O–H groups in total. The van der Waals surface area contributed by atoms with E-state index in [4.69, 9.17) is 36.7 Å². The van der Waals surface area contributed by atoms with Crippen molar-refractivity contribution >= 4 is 40.4 Å². The molecular formula is C43H47ClN10O3S. The first-order valence-electron chi connectivity index (χ1n) is 20.0. The first kappa shape index (κ1) is 39.4. The van der Waals surface area contributed by atoms with Crippen LogP contribution in [-0.2, 0) is 0 Å². The number of benzene rings is 1. The number of aliphatic imine (C=N–C) groups is 1. The van der Waals surface area contributed by atoms with E-state index in [0.29, 0.717) is 16.7 Å². The van der Waals surface area contributed by atoms with Gasteiger partial charge < -0.3 is 20.1 Å². The molecule has 0 radical (unpaired) electrons. The lowest BCUT2D eigenvalue weighted by atomic mass is 9.61. The van der Waals surface area contributed by atoms with Gasteiger partial charge >= 0.3 is 0 Å². The van der Waals surface area contributed by atoms with Crippen molar-refractivity contribution in [1.82, 2.24) is 35.3 Å². The fourth-order valence-corrected chi connectivity index (χ4v) is 9.99. The van der Waals surface area contributed by atoms with Gasteiger partial charge in [-0.05, 0) is 120 Å². The fraction of sp³-hybridized carbons (Fsp3) is 0.442. The quantitative estimate of drug-likeness (QED) is 0.171. The van der Waals surface area contributed by atoms with Crippen molar-refractivity contribution in [3.63, 3.8) is 0 Å². The van der Waals surface area contributed by atoms with E-state index in [0.717, 1.165) is 96.8 Å². The molecule has 9 rings (SSSR count). The molecule has 1 spiro atoms. The summed E-state index contributed by atoms with van der Waals surface area (Å²) in [4.78, 5) is 26.2. The number of nitrogens with one attached hydrogen (secondary N) is 1. The van der Waals surface area contributed by atoms with Gasteiger partial charge in [0.05, 0.1) is 34.3 Å². The number of carbonyl (C=O) groups excluding carboxylic acids is 1. The molecule has 1 amide bonds. The van der Waals surface area contributed by atoms with Crippen LogP contribution < -0.4 is 15.0 Å². The van der Waals surface area contributed by atoms with Gasteiger partial charge in [-0.25, -0.2) is 0 Å². The molecule has 1 unspecified atom stereocenters. The molecule has 0 bridgehead atoms. The number of fused-ring (bicyclic) bond motifs is 3. The van der Waals surface area contributed by atoms with Gasteiger partial charge in [0.25, 0.3) is 5.91 Å². The summed E-state index contributed by atoms with van der Waals surface area (Å²) >= 11 is 7.30. The third-order valence-electron chi connectivity index (χ3n) is 12.0. The van der Waals surface area contributed by atoms with Crippen molar-refractivity contribution in [1.29, 1.82) is 5.26 Å². The average Bonchev–Trinajstić information content (AvgIpc) is 3.71. The van der Waals surface area contributed by atoms with Gasteiger partial charge in [0.15, 0.2) is 17.3 Å². The van der Waals surface area contributed by atoms with Crippen molar-refractivity contribution < 1.29 is 14.6 Å². The zero-order chi connectivity index (χ0) is 40.6. The van der Waals surface area contributed by atoms with Crippen molar-refractivity contribution in [3.05, 3.63) is 98.3 Å². The predicted octanol–water partition coefficient (Wildman–Crippen LogP) is 8.16. The lowest BCUT2D eigenvalue weighted by Gasteiger charge is -2.51. The van der Waals surface area contributed by atoms with Crippen molar-refractivity contribution in [3.8, 4) is 22.6 Å². The molecule has 1 aromatic carbocycles. The number of pyridine rings is 1. The molecule has 2 saturated carbocycles. The largest absolute Gasteiger partial charge is 0.508 e. The van der Waals surface area contributed by atoms with Crippen molar-refractivity contribution in [2.75, 3.05) is 18.0 Å². The minimum Gasteiger partial charge on any atom is -0.508 e. The first-order chi connectivity index (χ1) is 28.0. The molecule has 58 heavy (non-hydrogen) atoms. The number of halogens is 1. The van der Waals surface area contributed by atoms with Gasteiger partial charge in [0.1, 0.15) is 34.4 Å². The molecule has 6 heterocycles. The van der Waals surface area contributed by atoms with Crippen LogP contribution in [0.5, 0.6) is 11.5 Å². The van der Waals surface area contributed by atoms with Crippen LogP contribution in [-0.4, -0.2) is 71.9 Å². The minimum absolute atomic E-state index is 0.0731. The Morgan fingerprint density at radius 3 is 2.47 bits per heavy atom. The number of phenols is 1. The molecular weight excluding hydrogens is 772 g/mol. The molecule has 2 aliphatic heterocycles. The third kappa shape index (κ3) is 8.02. The van der Waals surface area contributed by atoms with Crippen LogP contribution in [0.3, 0.4) is 0 Å². The maximum absolute atomic E-state index is 12.7. The molecule has 5 aromatic rings. The van der Waals surface area contributed by atoms with Gasteiger partial charge in [-0.3, -0.25) is 19.3 Å². The summed E-state index contributed by atoms with van der Waals surface area (Å²) in [6, 6.07) is 14.1. The zero-order valence-electron chi connectivity index (χ0n) is 33.2. The molecule has 1 saturated heterocycles. The van der Waals surface area contributed by atoms with Gasteiger partial charge in [0, 0.05) is 29.6 Å². The van der Waals surface area contributed by atoms with Crippen LogP contribution >= 0.6 is 22.9 Å². The Morgan fingerprint density at radius 2 is 1.79 bits per heavy atom. The summed E-state index contributed by atoms with van der Waals surface area (Å²) in [6.45, 7) is 10.2. The number of nitriles is 1.